The van der Waals surface area contributed by atoms with Crippen LogP contribution in [0.2, 0.25) is 0 Å². The van der Waals surface area contributed by atoms with Crippen LogP contribution >= 0.6 is 8.25 Å². The molecule has 0 saturated carbocycles. The Morgan fingerprint density at radius 3 is 2.29 bits per heavy atom. The number of rotatable bonds is 4. The van der Waals surface area contributed by atoms with Crippen molar-refractivity contribution in [1.29, 1.82) is 0 Å². The molecule has 0 rings (SSSR count). The van der Waals surface area contributed by atoms with Gasteiger partial charge in [-0.2, -0.15) is 0 Å². The molecule has 0 bridgehead atoms. The van der Waals surface area contributed by atoms with Crippen molar-refractivity contribution in [2.24, 2.45) is 0 Å². The van der Waals surface area contributed by atoms with Crippen LogP contribution in [-0.4, -0.2) is 24.1 Å². The van der Waals surface area contributed by atoms with Gasteiger partial charge < -0.3 is 14.2 Å². The minimum Gasteiger partial charge on any atom is -0.466 e. The lowest BCUT2D eigenvalue weighted by molar-refractivity contribution is -0.136. The van der Waals surface area contributed by atoms with Crippen LogP contribution in [0.5, 0.6) is 0 Å². The van der Waals surface area contributed by atoms with Crippen LogP contribution < -0.4 is 0 Å². The van der Waals surface area contributed by atoms with Gasteiger partial charge in [0.05, 0.1) is 13.2 Å². The summed E-state index contributed by atoms with van der Waals surface area (Å²) >= 11 is 0. The van der Waals surface area contributed by atoms with Crippen molar-refractivity contribution in [2.75, 3.05) is 7.11 Å². The van der Waals surface area contributed by atoms with Crippen molar-refractivity contribution >= 4 is 14.2 Å². The molecule has 0 aromatic rings. The summed E-state index contributed by atoms with van der Waals surface area (Å²) in [7, 11) is -1.70. The van der Waals surface area contributed by atoms with Gasteiger partial charge >= 0.3 is 14.2 Å². The Morgan fingerprint density at radius 1 is 1.43 bits per heavy atom. The molecule has 6 heteroatoms. The third kappa shape index (κ3) is 4.05. The van der Waals surface area contributed by atoms with Crippen molar-refractivity contribution < 1.29 is 23.5 Å². The van der Waals surface area contributed by atoms with E-state index in [1.807, 2.05) is 0 Å². The number of hydrogen-bond acceptors (Lipinski definition) is 4. The molecular formula is C8H15O5P. The van der Waals surface area contributed by atoms with E-state index >= 15 is 0 Å². The number of ether oxygens (including phenoxy) is 1. The molecule has 0 spiro atoms. The van der Waals surface area contributed by atoms with E-state index in [0.717, 1.165) is 0 Å². The summed E-state index contributed by atoms with van der Waals surface area (Å²) < 4.78 is 19.6. The minimum absolute atomic E-state index is 0.392. The molecule has 0 aliphatic carbocycles. The molecule has 0 saturated heterocycles. The zero-order valence-electron chi connectivity index (χ0n) is 8.66. The predicted octanol–water partition coefficient (Wildman–Crippen LogP) is 1.28. The minimum atomic E-state index is -2.98. The molecule has 0 heterocycles. The Bertz CT molecular complexity index is 271. The molecule has 0 amide bonds. The highest BCUT2D eigenvalue weighted by Crippen LogP contribution is 2.23. The van der Waals surface area contributed by atoms with Gasteiger partial charge in [0.1, 0.15) is 0 Å². The lowest BCUT2D eigenvalue weighted by Gasteiger charge is -2.13. The topological polar surface area (TPSA) is 72.8 Å². The second kappa shape index (κ2) is 5.96. The smallest absolute Gasteiger partial charge is 0.333 e. The highest BCUT2D eigenvalue weighted by Gasteiger charge is 2.14. The molecule has 0 aromatic carbocycles. The van der Waals surface area contributed by atoms with Crippen LogP contribution in [0.3, 0.4) is 0 Å². The normalized spacial score (nSPS) is 16.9. The first-order valence-electron chi connectivity index (χ1n) is 4.05. The zero-order valence-corrected chi connectivity index (χ0v) is 9.66. The molecule has 0 aliphatic heterocycles. The zero-order chi connectivity index (χ0) is 11.3. The van der Waals surface area contributed by atoms with E-state index in [9.17, 15) is 9.36 Å². The lowest BCUT2D eigenvalue weighted by Crippen LogP contribution is -2.12. The summed E-state index contributed by atoms with van der Waals surface area (Å²) in [6, 6.07) is 0. The van der Waals surface area contributed by atoms with Crippen LogP contribution in [0, 0.1) is 0 Å². The van der Waals surface area contributed by atoms with E-state index in [0.29, 0.717) is 11.1 Å². The van der Waals surface area contributed by atoms with E-state index < -0.39 is 20.3 Å². The molecule has 0 fully saturated rings. The third-order valence-electron chi connectivity index (χ3n) is 1.97. The van der Waals surface area contributed by atoms with Gasteiger partial charge in [0.2, 0.25) is 0 Å². The summed E-state index contributed by atoms with van der Waals surface area (Å²) in [5.41, 5.74) is 0.979. The first kappa shape index (κ1) is 13.4. The number of carbonyl (C=O) groups is 1. The number of hydrogen-bond donors (Lipinski definition) is 1. The largest absolute Gasteiger partial charge is 0.466 e. The number of methoxy groups -OCH3 is 1. The fraction of sp³-hybridized carbons (Fsp3) is 0.625. The van der Waals surface area contributed by atoms with Crippen LogP contribution in [-0.2, 0) is 18.6 Å². The van der Waals surface area contributed by atoms with E-state index in [-0.39, 0.29) is 0 Å². The van der Waals surface area contributed by atoms with E-state index in [4.69, 9.17) is 4.89 Å². The molecule has 2 unspecified atom stereocenters. The average Bonchev–Trinajstić information content (AvgIpc) is 2.13. The fourth-order valence-corrected chi connectivity index (χ4v) is 1.34. The highest BCUT2D eigenvalue weighted by molar-refractivity contribution is 7.32. The summed E-state index contributed by atoms with van der Waals surface area (Å²) in [6.45, 7) is 4.83. The van der Waals surface area contributed by atoms with Crippen molar-refractivity contribution in [1.82, 2.24) is 0 Å². The van der Waals surface area contributed by atoms with Gasteiger partial charge in [-0.1, -0.05) is 0 Å². The maximum atomic E-state index is 11.1. The Hall–Kier alpha value is -0.640. The van der Waals surface area contributed by atoms with E-state index in [2.05, 4.69) is 9.26 Å². The Morgan fingerprint density at radius 2 is 1.93 bits per heavy atom. The van der Waals surface area contributed by atoms with E-state index in [1.54, 1.807) is 20.8 Å². The quantitative estimate of drug-likeness (QED) is 0.440. The molecule has 5 nitrogen and oxygen atoms in total. The van der Waals surface area contributed by atoms with Gasteiger partial charge in [0, 0.05) is 5.57 Å². The highest BCUT2D eigenvalue weighted by atomic mass is 31.1. The maximum Gasteiger partial charge on any atom is 0.333 e. The Kier molecular flexibility index (Phi) is 5.69. The van der Waals surface area contributed by atoms with Crippen LogP contribution in [0.15, 0.2) is 11.1 Å². The molecular weight excluding hydrogens is 207 g/mol. The van der Waals surface area contributed by atoms with Crippen LogP contribution in [0.4, 0.5) is 0 Å². The van der Waals surface area contributed by atoms with Gasteiger partial charge in [0.25, 0.3) is 0 Å². The molecule has 14 heavy (non-hydrogen) atoms. The summed E-state index contributed by atoms with van der Waals surface area (Å²) in [4.78, 5) is 19.6. The summed E-state index contributed by atoms with van der Waals surface area (Å²) in [5, 5.41) is 0. The number of carbonyl (C=O) groups excluding carboxylic acids is 1. The van der Waals surface area contributed by atoms with Gasteiger partial charge in [-0.25, -0.2) is 4.79 Å². The number of esters is 1. The SMILES string of the molecule is COC(=O)C(C)=C(C)C(C)O[PH](=O)O. The second-order valence-corrected chi connectivity index (χ2v) is 3.59. The van der Waals surface area contributed by atoms with Gasteiger partial charge in [-0.3, -0.25) is 4.57 Å². The van der Waals surface area contributed by atoms with Crippen molar-refractivity contribution in [3.05, 3.63) is 11.1 Å². The third-order valence-corrected chi connectivity index (χ3v) is 2.53. The summed E-state index contributed by atoms with van der Waals surface area (Å²) in [6.07, 6.45) is -0.564. The van der Waals surface area contributed by atoms with Crippen LogP contribution in [0.25, 0.3) is 0 Å². The maximum absolute atomic E-state index is 11.1. The summed E-state index contributed by atoms with van der Waals surface area (Å²) in [5.74, 6) is -0.462. The second-order valence-electron chi connectivity index (χ2n) is 2.83. The first-order valence-corrected chi connectivity index (χ1v) is 5.31. The Labute approximate surface area is 83.7 Å². The lowest BCUT2D eigenvalue weighted by atomic mass is 10.1. The van der Waals surface area contributed by atoms with Crippen molar-refractivity contribution in [3.8, 4) is 0 Å². The van der Waals surface area contributed by atoms with Gasteiger partial charge in [-0.15, -0.1) is 0 Å². The average molecular weight is 222 g/mol. The monoisotopic (exact) mass is 222 g/mol. The standard InChI is InChI=1S/C8H15O5P/c1-5(6(2)8(9)12-4)7(3)13-14(10)11/h7,14H,1-4H3,(H,10,11). The van der Waals surface area contributed by atoms with E-state index in [1.165, 1.54) is 7.11 Å². The first-order chi connectivity index (χ1) is 6.40. The van der Waals surface area contributed by atoms with Crippen molar-refractivity contribution in [3.63, 3.8) is 0 Å². The molecule has 2 atom stereocenters. The van der Waals surface area contributed by atoms with Crippen molar-refractivity contribution in [2.45, 2.75) is 26.9 Å². The molecule has 1 N–H and O–H groups in total. The fourth-order valence-electron chi connectivity index (χ4n) is 0.859. The van der Waals surface area contributed by atoms with Crippen LogP contribution in [0.1, 0.15) is 20.8 Å². The molecule has 0 radical (unpaired) electrons. The molecule has 0 aromatic heterocycles. The van der Waals surface area contributed by atoms with Gasteiger partial charge in [-0.05, 0) is 26.3 Å². The molecule has 82 valence electrons. The molecule has 0 aliphatic rings. The van der Waals surface area contributed by atoms with Gasteiger partial charge in [0.15, 0.2) is 0 Å². The Balaban J connectivity index is 4.63. The predicted molar refractivity (Wildman–Crippen MR) is 52.2 cm³/mol.